The molecular weight excluding hydrogens is 342 g/mol. The fraction of sp³-hybridized carbons (Fsp3) is 0.550. The molecule has 0 saturated carbocycles. The van der Waals surface area contributed by atoms with Crippen molar-refractivity contribution in [2.45, 2.75) is 52.6 Å². The van der Waals surface area contributed by atoms with E-state index in [-0.39, 0.29) is 12.0 Å². The number of nitrogens with one attached hydrogen (secondary N) is 2. The van der Waals surface area contributed by atoms with Crippen LogP contribution in [0.15, 0.2) is 33.8 Å². The lowest BCUT2D eigenvalue weighted by atomic mass is 10.2. The van der Waals surface area contributed by atoms with Crippen LogP contribution in [-0.4, -0.2) is 42.3 Å². The van der Waals surface area contributed by atoms with Gasteiger partial charge in [-0.15, -0.1) is 0 Å². The van der Waals surface area contributed by atoms with Crippen LogP contribution in [0.25, 0.3) is 0 Å². The average Bonchev–Trinajstić information content (AvgIpc) is 3.12. The van der Waals surface area contributed by atoms with Crippen LogP contribution in [-0.2, 0) is 6.42 Å². The molecule has 0 amide bonds. The number of ether oxygens (including phenoxy) is 1. The molecule has 7 heteroatoms. The zero-order valence-electron chi connectivity index (χ0n) is 17.0. The normalized spacial score (nSPS) is 12.9. The number of benzene rings is 1. The molecular formula is C20H31N5O2. The van der Waals surface area contributed by atoms with Gasteiger partial charge in [-0.1, -0.05) is 37.2 Å². The Morgan fingerprint density at radius 1 is 1.22 bits per heavy atom. The second-order valence-corrected chi connectivity index (χ2v) is 6.88. The summed E-state index contributed by atoms with van der Waals surface area (Å²) < 4.78 is 11.2. The second kappa shape index (κ2) is 10.5. The van der Waals surface area contributed by atoms with Gasteiger partial charge in [-0.3, -0.25) is 4.99 Å². The van der Waals surface area contributed by atoms with Crippen molar-refractivity contribution in [2.75, 3.05) is 20.1 Å². The summed E-state index contributed by atoms with van der Waals surface area (Å²) in [7, 11) is 1.76. The fourth-order valence-electron chi connectivity index (χ4n) is 2.46. The maximum Gasteiger partial charge on any atom is 0.226 e. The number of hydrogen-bond donors (Lipinski definition) is 2. The first-order valence-corrected chi connectivity index (χ1v) is 9.49. The molecule has 1 aromatic carbocycles. The molecule has 2 aromatic rings. The topological polar surface area (TPSA) is 84.6 Å². The third kappa shape index (κ3) is 6.92. The van der Waals surface area contributed by atoms with Crippen LogP contribution in [0.2, 0.25) is 0 Å². The molecule has 0 radical (unpaired) electrons. The van der Waals surface area contributed by atoms with Crippen LogP contribution in [0, 0.1) is 6.92 Å². The number of hydrogen-bond acceptors (Lipinski definition) is 5. The summed E-state index contributed by atoms with van der Waals surface area (Å²) in [5.74, 6) is 3.40. The quantitative estimate of drug-likeness (QED) is 0.399. The molecule has 2 rings (SSSR count). The van der Waals surface area contributed by atoms with E-state index in [1.165, 1.54) is 0 Å². The number of rotatable bonds is 9. The van der Waals surface area contributed by atoms with Gasteiger partial charge in [0.05, 0.1) is 6.54 Å². The molecule has 148 valence electrons. The van der Waals surface area contributed by atoms with Gasteiger partial charge in [-0.05, 0) is 31.9 Å². The summed E-state index contributed by atoms with van der Waals surface area (Å²) in [5, 5.41) is 10.6. The summed E-state index contributed by atoms with van der Waals surface area (Å²) in [6.45, 7) is 9.62. The first-order chi connectivity index (χ1) is 13.0. The van der Waals surface area contributed by atoms with Gasteiger partial charge < -0.3 is 19.9 Å². The minimum atomic E-state index is 0.0255. The molecule has 0 spiro atoms. The maximum atomic E-state index is 5.97. The lowest BCUT2D eigenvalue weighted by Gasteiger charge is -2.18. The molecule has 0 bridgehead atoms. The average molecular weight is 374 g/mol. The molecule has 1 unspecified atom stereocenters. The van der Waals surface area contributed by atoms with Crippen LogP contribution in [0.4, 0.5) is 0 Å². The Kier molecular flexibility index (Phi) is 8.10. The molecule has 0 saturated heterocycles. The van der Waals surface area contributed by atoms with Crippen LogP contribution in [0.3, 0.4) is 0 Å². The highest BCUT2D eigenvalue weighted by atomic mass is 16.5. The van der Waals surface area contributed by atoms with E-state index in [9.17, 15) is 0 Å². The standard InChI is InChI=1S/C20H31N5O2/c1-14(2)19-24-18(27-25-19)11-8-12-22-20(21-5)23-13-16(4)26-17-10-7-6-9-15(17)3/h6-7,9-10,14,16H,8,11-13H2,1-5H3,(H2,21,22,23). The van der Waals surface area contributed by atoms with Crippen molar-refractivity contribution < 1.29 is 9.26 Å². The molecule has 0 aliphatic rings. The summed E-state index contributed by atoms with van der Waals surface area (Å²) in [6, 6.07) is 8.02. The Morgan fingerprint density at radius 3 is 2.67 bits per heavy atom. The third-order valence-corrected chi connectivity index (χ3v) is 4.06. The number of guanidine groups is 1. The summed E-state index contributed by atoms with van der Waals surface area (Å²) in [5.41, 5.74) is 1.13. The molecule has 7 nitrogen and oxygen atoms in total. The van der Waals surface area contributed by atoms with E-state index >= 15 is 0 Å². The Balaban J connectivity index is 1.67. The van der Waals surface area contributed by atoms with E-state index < -0.39 is 0 Å². The van der Waals surface area contributed by atoms with Gasteiger partial charge in [0.15, 0.2) is 11.8 Å². The Morgan fingerprint density at radius 2 is 2.00 bits per heavy atom. The maximum absolute atomic E-state index is 5.97. The van der Waals surface area contributed by atoms with Crippen molar-refractivity contribution in [3.8, 4) is 5.75 Å². The minimum absolute atomic E-state index is 0.0255. The summed E-state index contributed by atoms with van der Waals surface area (Å²) in [4.78, 5) is 8.63. The third-order valence-electron chi connectivity index (χ3n) is 4.06. The molecule has 1 aromatic heterocycles. The highest BCUT2D eigenvalue weighted by Crippen LogP contribution is 2.17. The molecule has 0 fully saturated rings. The second-order valence-electron chi connectivity index (χ2n) is 6.88. The van der Waals surface area contributed by atoms with Crippen molar-refractivity contribution in [1.29, 1.82) is 0 Å². The van der Waals surface area contributed by atoms with Crippen molar-refractivity contribution in [3.05, 3.63) is 41.5 Å². The predicted molar refractivity (Wildman–Crippen MR) is 107 cm³/mol. The zero-order valence-corrected chi connectivity index (χ0v) is 17.0. The molecule has 0 aliphatic heterocycles. The van der Waals surface area contributed by atoms with Gasteiger partial charge in [0, 0.05) is 25.9 Å². The first-order valence-electron chi connectivity index (χ1n) is 9.49. The predicted octanol–water partition coefficient (Wildman–Crippen LogP) is 3.07. The Labute approximate surface area is 161 Å². The monoisotopic (exact) mass is 373 g/mol. The number of aromatic nitrogens is 2. The van der Waals surface area contributed by atoms with E-state index in [1.807, 2.05) is 38.1 Å². The molecule has 2 N–H and O–H groups in total. The highest BCUT2D eigenvalue weighted by molar-refractivity contribution is 5.79. The van der Waals surface area contributed by atoms with Gasteiger partial charge in [0.1, 0.15) is 11.9 Å². The SMILES string of the molecule is CN=C(NCCCc1nc(C(C)C)no1)NCC(C)Oc1ccccc1C. The molecule has 0 aliphatic carbocycles. The van der Waals surface area contributed by atoms with E-state index in [4.69, 9.17) is 9.26 Å². The number of nitrogens with zero attached hydrogens (tertiary/aromatic N) is 3. The van der Waals surface area contributed by atoms with Gasteiger partial charge in [-0.25, -0.2) is 0 Å². The van der Waals surface area contributed by atoms with Crippen molar-refractivity contribution >= 4 is 5.96 Å². The largest absolute Gasteiger partial charge is 0.489 e. The Hall–Kier alpha value is -2.57. The van der Waals surface area contributed by atoms with Crippen molar-refractivity contribution in [3.63, 3.8) is 0 Å². The van der Waals surface area contributed by atoms with Gasteiger partial charge in [-0.2, -0.15) is 4.98 Å². The molecule has 1 atom stereocenters. The highest BCUT2D eigenvalue weighted by Gasteiger charge is 2.10. The van der Waals surface area contributed by atoms with Crippen LogP contribution in [0.5, 0.6) is 5.75 Å². The first kappa shape index (κ1) is 20.7. The molecule has 1 heterocycles. The minimum Gasteiger partial charge on any atom is -0.489 e. The van der Waals surface area contributed by atoms with Crippen molar-refractivity contribution in [2.24, 2.45) is 4.99 Å². The van der Waals surface area contributed by atoms with E-state index in [0.717, 1.165) is 42.5 Å². The van der Waals surface area contributed by atoms with E-state index in [2.05, 4.69) is 39.6 Å². The fourth-order valence-corrected chi connectivity index (χ4v) is 2.46. The molecule has 27 heavy (non-hydrogen) atoms. The van der Waals surface area contributed by atoms with Crippen LogP contribution < -0.4 is 15.4 Å². The number of aryl methyl sites for hydroxylation is 2. The Bertz CT molecular complexity index is 727. The van der Waals surface area contributed by atoms with E-state index in [0.29, 0.717) is 12.4 Å². The van der Waals surface area contributed by atoms with Crippen LogP contribution >= 0.6 is 0 Å². The van der Waals surface area contributed by atoms with Gasteiger partial charge in [0.25, 0.3) is 0 Å². The number of aliphatic imine (C=N–C) groups is 1. The lowest BCUT2D eigenvalue weighted by Crippen LogP contribution is -2.42. The van der Waals surface area contributed by atoms with Gasteiger partial charge >= 0.3 is 0 Å². The zero-order chi connectivity index (χ0) is 19.6. The lowest BCUT2D eigenvalue weighted by molar-refractivity contribution is 0.222. The van der Waals surface area contributed by atoms with E-state index in [1.54, 1.807) is 7.05 Å². The van der Waals surface area contributed by atoms with Crippen LogP contribution in [0.1, 0.15) is 50.4 Å². The number of para-hydroxylation sites is 1. The van der Waals surface area contributed by atoms with Crippen molar-refractivity contribution in [1.82, 2.24) is 20.8 Å². The smallest absolute Gasteiger partial charge is 0.226 e. The summed E-state index contributed by atoms with van der Waals surface area (Å²) >= 11 is 0. The van der Waals surface area contributed by atoms with Gasteiger partial charge in [0.2, 0.25) is 5.89 Å². The summed E-state index contributed by atoms with van der Waals surface area (Å²) in [6.07, 6.45) is 1.66.